The number of fused-ring (bicyclic) bond motifs is 1. The molecule has 0 bridgehead atoms. The first kappa shape index (κ1) is 13.7. The number of aromatic nitrogens is 1. The first-order valence-corrected chi connectivity index (χ1v) is 7.93. The number of rotatable bonds is 2. The zero-order valence-corrected chi connectivity index (χ0v) is 12.6. The van der Waals surface area contributed by atoms with E-state index >= 15 is 0 Å². The van der Waals surface area contributed by atoms with Crippen molar-refractivity contribution in [3.63, 3.8) is 0 Å². The van der Waals surface area contributed by atoms with Crippen LogP contribution in [0, 0.1) is 0 Å². The van der Waals surface area contributed by atoms with Crippen LogP contribution < -0.4 is 5.56 Å². The van der Waals surface area contributed by atoms with Gasteiger partial charge in [-0.25, -0.2) is 0 Å². The Labute approximate surface area is 124 Å². The van der Waals surface area contributed by atoms with Crippen LogP contribution >= 0.6 is 11.6 Å². The second-order valence-corrected chi connectivity index (χ2v) is 6.07. The fraction of sp³-hybridized carbons (Fsp3) is 0.471. The molecule has 3 rings (SSSR count). The monoisotopic (exact) mass is 289 g/mol. The summed E-state index contributed by atoms with van der Waals surface area (Å²) in [6.07, 6.45) is 6.85. The van der Waals surface area contributed by atoms with E-state index in [0.29, 0.717) is 16.5 Å². The molecule has 0 unspecified atom stereocenters. The SMILES string of the molecule is CCc1cc2cccc(Cl)c2c(=O)n1C1CCCCC1. The Morgan fingerprint density at radius 2 is 2.00 bits per heavy atom. The van der Waals surface area contributed by atoms with Gasteiger partial charge in [0.05, 0.1) is 10.4 Å². The fourth-order valence-electron chi connectivity index (χ4n) is 3.40. The van der Waals surface area contributed by atoms with E-state index in [1.54, 1.807) is 0 Å². The Hall–Kier alpha value is -1.28. The average molecular weight is 290 g/mol. The Balaban J connectivity index is 2.26. The van der Waals surface area contributed by atoms with Gasteiger partial charge in [-0.2, -0.15) is 0 Å². The summed E-state index contributed by atoms with van der Waals surface area (Å²) in [5.41, 5.74) is 1.23. The quantitative estimate of drug-likeness (QED) is 0.784. The molecule has 0 radical (unpaired) electrons. The maximum Gasteiger partial charge on any atom is 0.260 e. The molecule has 2 aromatic rings. The summed E-state index contributed by atoms with van der Waals surface area (Å²) < 4.78 is 2.02. The minimum absolute atomic E-state index is 0.0943. The predicted molar refractivity (Wildman–Crippen MR) is 84.7 cm³/mol. The lowest BCUT2D eigenvalue weighted by Crippen LogP contribution is -2.29. The van der Waals surface area contributed by atoms with Gasteiger partial charge < -0.3 is 4.57 Å². The Morgan fingerprint density at radius 3 is 2.70 bits per heavy atom. The van der Waals surface area contributed by atoms with Crippen LogP contribution in [0.15, 0.2) is 29.1 Å². The zero-order valence-electron chi connectivity index (χ0n) is 11.9. The number of aryl methyl sites for hydroxylation is 1. The van der Waals surface area contributed by atoms with Crippen LogP contribution in [0.25, 0.3) is 10.8 Å². The molecule has 106 valence electrons. The Bertz CT molecular complexity index is 683. The maximum atomic E-state index is 12.9. The highest BCUT2D eigenvalue weighted by Gasteiger charge is 2.20. The highest BCUT2D eigenvalue weighted by Crippen LogP contribution is 2.30. The molecule has 2 nitrogen and oxygen atoms in total. The largest absolute Gasteiger partial charge is 0.309 e. The van der Waals surface area contributed by atoms with E-state index in [2.05, 4.69) is 13.0 Å². The molecular formula is C17H20ClNO. The average Bonchev–Trinajstić information content (AvgIpc) is 2.47. The van der Waals surface area contributed by atoms with E-state index < -0.39 is 0 Å². The molecule has 1 aromatic carbocycles. The van der Waals surface area contributed by atoms with Gasteiger partial charge >= 0.3 is 0 Å². The van der Waals surface area contributed by atoms with Crippen LogP contribution in [0.3, 0.4) is 0 Å². The molecule has 0 aliphatic heterocycles. The number of hydrogen-bond donors (Lipinski definition) is 0. The number of halogens is 1. The summed E-state index contributed by atoms with van der Waals surface area (Å²) >= 11 is 6.26. The van der Waals surface area contributed by atoms with E-state index in [0.717, 1.165) is 30.3 Å². The molecular weight excluding hydrogens is 270 g/mol. The summed E-state index contributed by atoms with van der Waals surface area (Å²) in [6, 6.07) is 8.19. The van der Waals surface area contributed by atoms with Crippen molar-refractivity contribution < 1.29 is 0 Å². The summed E-state index contributed by atoms with van der Waals surface area (Å²) in [6.45, 7) is 2.12. The van der Waals surface area contributed by atoms with Crippen LogP contribution in [0.4, 0.5) is 0 Å². The Kier molecular flexibility index (Phi) is 3.84. The van der Waals surface area contributed by atoms with Crippen LogP contribution in [-0.4, -0.2) is 4.57 Å². The molecule has 1 saturated carbocycles. The van der Waals surface area contributed by atoms with Gasteiger partial charge in [-0.05, 0) is 36.8 Å². The number of nitrogens with zero attached hydrogens (tertiary/aromatic N) is 1. The molecule has 0 saturated heterocycles. The second kappa shape index (κ2) is 5.61. The van der Waals surface area contributed by atoms with Crippen LogP contribution in [0.5, 0.6) is 0 Å². The molecule has 1 aromatic heterocycles. The lowest BCUT2D eigenvalue weighted by atomic mass is 9.94. The third-order valence-electron chi connectivity index (χ3n) is 4.41. The van der Waals surface area contributed by atoms with Gasteiger partial charge in [0, 0.05) is 11.7 Å². The molecule has 1 heterocycles. The second-order valence-electron chi connectivity index (χ2n) is 5.66. The van der Waals surface area contributed by atoms with E-state index in [1.807, 2.05) is 22.8 Å². The van der Waals surface area contributed by atoms with Crippen LogP contribution in [0.1, 0.15) is 50.8 Å². The predicted octanol–water partition coefficient (Wildman–Crippen LogP) is 4.72. The van der Waals surface area contributed by atoms with Crippen molar-refractivity contribution in [2.45, 2.75) is 51.5 Å². The van der Waals surface area contributed by atoms with Crippen LogP contribution in [0.2, 0.25) is 5.02 Å². The molecule has 1 fully saturated rings. The molecule has 1 aliphatic carbocycles. The van der Waals surface area contributed by atoms with E-state index in [1.165, 1.54) is 19.3 Å². The van der Waals surface area contributed by atoms with E-state index in [4.69, 9.17) is 11.6 Å². The smallest absolute Gasteiger partial charge is 0.260 e. The Morgan fingerprint density at radius 1 is 1.25 bits per heavy atom. The van der Waals surface area contributed by atoms with Crippen molar-refractivity contribution in [2.24, 2.45) is 0 Å². The molecule has 3 heteroatoms. The lowest BCUT2D eigenvalue weighted by molar-refractivity contribution is 0.341. The van der Waals surface area contributed by atoms with Gasteiger partial charge in [0.15, 0.2) is 0 Å². The summed E-state index contributed by atoms with van der Waals surface area (Å²) in [5.74, 6) is 0. The zero-order chi connectivity index (χ0) is 14.1. The first-order chi connectivity index (χ1) is 9.72. The third kappa shape index (κ3) is 2.26. The van der Waals surface area contributed by atoms with Crippen molar-refractivity contribution in [1.82, 2.24) is 4.57 Å². The standard InChI is InChI=1S/C17H20ClNO/c1-2-13-11-12-7-6-10-15(18)16(12)17(20)19(13)14-8-4-3-5-9-14/h6-7,10-11,14H,2-5,8-9H2,1H3. The topological polar surface area (TPSA) is 22.0 Å². The molecule has 0 atom stereocenters. The van der Waals surface area contributed by atoms with Gasteiger partial charge in [0.2, 0.25) is 0 Å². The number of benzene rings is 1. The first-order valence-electron chi connectivity index (χ1n) is 7.55. The highest BCUT2D eigenvalue weighted by molar-refractivity contribution is 6.35. The van der Waals surface area contributed by atoms with Gasteiger partial charge in [0.25, 0.3) is 5.56 Å². The van der Waals surface area contributed by atoms with Gasteiger partial charge in [-0.1, -0.05) is 49.9 Å². The van der Waals surface area contributed by atoms with Crippen molar-refractivity contribution in [3.8, 4) is 0 Å². The summed E-state index contributed by atoms with van der Waals surface area (Å²) in [4.78, 5) is 12.9. The fourth-order valence-corrected chi connectivity index (χ4v) is 3.66. The molecule has 0 amide bonds. The normalized spacial score (nSPS) is 16.7. The van der Waals surface area contributed by atoms with Gasteiger partial charge in [-0.15, -0.1) is 0 Å². The van der Waals surface area contributed by atoms with Crippen LogP contribution in [-0.2, 0) is 6.42 Å². The minimum Gasteiger partial charge on any atom is -0.309 e. The maximum absolute atomic E-state index is 12.9. The van der Waals surface area contributed by atoms with E-state index in [-0.39, 0.29) is 5.56 Å². The van der Waals surface area contributed by atoms with Gasteiger partial charge in [-0.3, -0.25) is 4.79 Å². The molecule has 0 N–H and O–H groups in total. The number of pyridine rings is 1. The van der Waals surface area contributed by atoms with Crippen molar-refractivity contribution in [1.29, 1.82) is 0 Å². The van der Waals surface area contributed by atoms with Crippen molar-refractivity contribution >= 4 is 22.4 Å². The number of hydrogen-bond acceptors (Lipinski definition) is 1. The lowest BCUT2D eigenvalue weighted by Gasteiger charge is -2.27. The summed E-state index contributed by atoms with van der Waals surface area (Å²) in [7, 11) is 0. The van der Waals surface area contributed by atoms with Gasteiger partial charge in [0.1, 0.15) is 0 Å². The van der Waals surface area contributed by atoms with Crippen molar-refractivity contribution in [3.05, 3.63) is 45.3 Å². The molecule has 0 spiro atoms. The highest BCUT2D eigenvalue weighted by atomic mass is 35.5. The van der Waals surface area contributed by atoms with E-state index in [9.17, 15) is 4.79 Å². The molecule has 1 aliphatic rings. The summed E-state index contributed by atoms with van der Waals surface area (Å²) in [5, 5.41) is 2.21. The van der Waals surface area contributed by atoms with Crippen molar-refractivity contribution in [2.75, 3.05) is 0 Å². The molecule has 20 heavy (non-hydrogen) atoms. The third-order valence-corrected chi connectivity index (χ3v) is 4.73. The minimum atomic E-state index is 0.0943.